The van der Waals surface area contributed by atoms with Crippen molar-refractivity contribution < 1.29 is 0 Å². The maximum absolute atomic E-state index is 4.42. The van der Waals surface area contributed by atoms with Gasteiger partial charge in [-0.2, -0.15) is 5.10 Å². The molecule has 0 atom stereocenters. The minimum atomic E-state index is 0. The molecule has 1 aromatic heterocycles. The number of aromatic nitrogens is 2. The zero-order chi connectivity index (χ0) is 16.5. The first-order valence-electron chi connectivity index (χ1n) is 8.17. The van der Waals surface area contributed by atoms with Crippen molar-refractivity contribution in [3.05, 3.63) is 53.9 Å². The van der Waals surface area contributed by atoms with Crippen LogP contribution in [-0.4, -0.2) is 29.3 Å². The fourth-order valence-corrected chi connectivity index (χ4v) is 2.24. The Bertz CT molecular complexity index is 607. The first-order chi connectivity index (χ1) is 11.2. The van der Waals surface area contributed by atoms with Crippen molar-refractivity contribution in [2.45, 2.75) is 33.4 Å². The Hall–Kier alpha value is -1.57. The van der Waals surface area contributed by atoms with Gasteiger partial charge >= 0.3 is 0 Å². The third kappa shape index (κ3) is 7.33. The van der Waals surface area contributed by atoms with E-state index in [1.807, 2.05) is 29.1 Å². The molecule has 0 bridgehead atoms. The molecule has 24 heavy (non-hydrogen) atoms. The van der Waals surface area contributed by atoms with E-state index >= 15 is 0 Å². The lowest BCUT2D eigenvalue weighted by atomic mass is 10.1. The number of rotatable bonds is 7. The van der Waals surface area contributed by atoms with Gasteiger partial charge in [-0.15, -0.1) is 24.0 Å². The zero-order valence-corrected chi connectivity index (χ0v) is 17.0. The average molecular weight is 441 g/mol. The van der Waals surface area contributed by atoms with E-state index in [0.717, 1.165) is 37.6 Å². The van der Waals surface area contributed by atoms with Crippen molar-refractivity contribution in [1.82, 2.24) is 20.4 Å². The SMILES string of the molecule is CN=C(NCCC(C)C)NCc1cnn(Cc2ccccc2)c1.I. The molecule has 0 aliphatic rings. The number of aliphatic imine (C=N–C) groups is 1. The monoisotopic (exact) mass is 441 g/mol. The third-order valence-corrected chi connectivity index (χ3v) is 3.57. The zero-order valence-electron chi connectivity index (χ0n) is 14.7. The molecule has 0 amide bonds. The predicted molar refractivity (Wildman–Crippen MR) is 111 cm³/mol. The number of hydrogen-bond acceptors (Lipinski definition) is 2. The lowest BCUT2D eigenvalue weighted by molar-refractivity contribution is 0.573. The molecule has 0 radical (unpaired) electrons. The summed E-state index contributed by atoms with van der Waals surface area (Å²) in [6, 6.07) is 10.3. The van der Waals surface area contributed by atoms with E-state index < -0.39 is 0 Å². The number of guanidine groups is 1. The first-order valence-corrected chi connectivity index (χ1v) is 8.17. The fraction of sp³-hybridized carbons (Fsp3) is 0.444. The number of nitrogens with zero attached hydrogens (tertiary/aromatic N) is 3. The second kappa shape index (κ2) is 11.1. The van der Waals surface area contributed by atoms with E-state index in [1.54, 1.807) is 7.05 Å². The summed E-state index contributed by atoms with van der Waals surface area (Å²) in [6.07, 6.45) is 5.11. The molecule has 5 nitrogen and oxygen atoms in total. The van der Waals surface area contributed by atoms with Crippen LogP contribution in [-0.2, 0) is 13.1 Å². The van der Waals surface area contributed by atoms with E-state index in [9.17, 15) is 0 Å². The van der Waals surface area contributed by atoms with Crippen molar-refractivity contribution in [3.63, 3.8) is 0 Å². The molecule has 2 aromatic rings. The van der Waals surface area contributed by atoms with Crippen molar-refractivity contribution in [3.8, 4) is 0 Å². The van der Waals surface area contributed by atoms with Crippen LogP contribution < -0.4 is 10.6 Å². The minimum absolute atomic E-state index is 0. The van der Waals surface area contributed by atoms with E-state index in [2.05, 4.69) is 52.9 Å². The van der Waals surface area contributed by atoms with Crippen LogP contribution in [0.15, 0.2) is 47.7 Å². The third-order valence-electron chi connectivity index (χ3n) is 3.57. The van der Waals surface area contributed by atoms with Gasteiger partial charge in [0.1, 0.15) is 0 Å². The summed E-state index contributed by atoms with van der Waals surface area (Å²) >= 11 is 0. The van der Waals surface area contributed by atoms with Crippen LogP contribution in [0.3, 0.4) is 0 Å². The van der Waals surface area contributed by atoms with E-state index in [0.29, 0.717) is 5.92 Å². The summed E-state index contributed by atoms with van der Waals surface area (Å²) in [7, 11) is 1.80. The number of hydrogen-bond donors (Lipinski definition) is 2. The van der Waals surface area contributed by atoms with Gasteiger partial charge in [0.05, 0.1) is 12.7 Å². The molecule has 0 fully saturated rings. The van der Waals surface area contributed by atoms with Gasteiger partial charge < -0.3 is 10.6 Å². The van der Waals surface area contributed by atoms with Gasteiger partial charge in [0.25, 0.3) is 0 Å². The van der Waals surface area contributed by atoms with Crippen LogP contribution in [0, 0.1) is 5.92 Å². The molecule has 2 rings (SSSR count). The molecule has 1 heterocycles. The molecule has 1 aromatic carbocycles. The van der Waals surface area contributed by atoms with Crippen LogP contribution in [0.5, 0.6) is 0 Å². The second-order valence-corrected chi connectivity index (χ2v) is 6.07. The Morgan fingerprint density at radius 2 is 1.92 bits per heavy atom. The highest BCUT2D eigenvalue weighted by Crippen LogP contribution is 2.04. The minimum Gasteiger partial charge on any atom is -0.356 e. The van der Waals surface area contributed by atoms with Gasteiger partial charge in [-0.05, 0) is 17.9 Å². The van der Waals surface area contributed by atoms with Gasteiger partial charge in [0.2, 0.25) is 0 Å². The maximum atomic E-state index is 4.42. The summed E-state index contributed by atoms with van der Waals surface area (Å²) in [5, 5.41) is 11.1. The number of benzene rings is 1. The van der Waals surface area contributed by atoms with Gasteiger partial charge in [0, 0.05) is 31.9 Å². The number of nitrogens with one attached hydrogen (secondary N) is 2. The Morgan fingerprint density at radius 1 is 1.17 bits per heavy atom. The summed E-state index contributed by atoms with van der Waals surface area (Å²) in [5.41, 5.74) is 2.40. The molecule has 0 aliphatic heterocycles. The molecule has 0 saturated carbocycles. The normalized spacial score (nSPS) is 11.2. The Labute approximate surface area is 162 Å². The predicted octanol–water partition coefficient (Wildman–Crippen LogP) is 3.26. The van der Waals surface area contributed by atoms with Crippen LogP contribution in [0.4, 0.5) is 0 Å². The lowest BCUT2D eigenvalue weighted by Gasteiger charge is -2.12. The molecule has 2 N–H and O–H groups in total. The lowest BCUT2D eigenvalue weighted by Crippen LogP contribution is -2.37. The Balaban J connectivity index is 0.00000288. The molecule has 6 heteroatoms. The summed E-state index contributed by atoms with van der Waals surface area (Å²) in [5.74, 6) is 1.53. The fourth-order valence-electron chi connectivity index (χ4n) is 2.24. The highest BCUT2D eigenvalue weighted by molar-refractivity contribution is 14.0. The smallest absolute Gasteiger partial charge is 0.191 e. The van der Waals surface area contributed by atoms with Gasteiger partial charge in [-0.1, -0.05) is 44.2 Å². The topological polar surface area (TPSA) is 54.2 Å². The van der Waals surface area contributed by atoms with Crippen LogP contribution in [0.1, 0.15) is 31.4 Å². The average Bonchev–Trinajstić information content (AvgIpc) is 2.99. The van der Waals surface area contributed by atoms with Crippen LogP contribution in [0.2, 0.25) is 0 Å². The van der Waals surface area contributed by atoms with Gasteiger partial charge in [0.15, 0.2) is 5.96 Å². The highest BCUT2D eigenvalue weighted by Gasteiger charge is 2.02. The molecule has 0 unspecified atom stereocenters. The maximum Gasteiger partial charge on any atom is 0.191 e. The summed E-state index contributed by atoms with van der Waals surface area (Å²) in [6.45, 7) is 6.89. The Morgan fingerprint density at radius 3 is 2.58 bits per heavy atom. The summed E-state index contributed by atoms with van der Waals surface area (Å²) < 4.78 is 1.96. The van der Waals surface area contributed by atoms with Crippen LogP contribution >= 0.6 is 24.0 Å². The molecule has 0 aliphatic carbocycles. The Kier molecular flexibility index (Phi) is 9.44. The standard InChI is InChI=1S/C18H27N5.HI/c1-15(2)9-10-20-18(19-3)21-11-17-12-22-23(14-17)13-16-7-5-4-6-8-16;/h4-8,12,14-15H,9-11,13H2,1-3H3,(H2,19,20,21);1H. The largest absolute Gasteiger partial charge is 0.356 e. The highest BCUT2D eigenvalue weighted by atomic mass is 127. The molecular formula is C18H28IN5. The molecule has 132 valence electrons. The van der Waals surface area contributed by atoms with Crippen molar-refractivity contribution in [2.24, 2.45) is 10.9 Å². The summed E-state index contributed by atoms with van der Waals surface area (Å²) in [4.78, 5) is 4.24. The van der Waals surface area contributed by atoms with Crippen LogP contribution in [0.25, 0.3) is 0 Å². The van der Waals surface area contributed by atoms with Gasteiger partial charge in [-0.25, -0.2) is 0 Å². The van der Waals surface area contributed by atoms with E-state index in [4.69, 9.17) is 0 Å². The van der Waals surface area contributed by atoms with Crippen molar-refractivity contribution in [1.29, 1.82) is 0 Å². The van der Waals surface area contributed by atoms with Crippen molar-refractivity contribution >= 4 is 29.9 Å². The quantitative estimate of drug-likeness (QED) is 0.394. The molecular weight excluding hydrogens is 413 g/mol. The first kappa shape index (κ1) is 20.5. The number of halogens is 1. The van der Waals surface area contributed by atoms with E-state index in [1.165, 1.54) is 5.56 Å². The van der Waals surface area contributed by atoms with E-state index in [-0.39, 0.29) is 24.0 Å². The van der Waals surface area contributed by atoms with Crippen molar-refractivity contribution in [2.75, 3.05) is 13.6 Å². The molecule has 0 spiro atoms. The molecule has 0 saturated heterocycles. The second-order valence-electron chi connectivity index (χ2n) is 6.07. The van der Waals surface area contributed by atoms with Gasteiger partial charge in [-0.3, -0.25) is 9.67 Å².